The minimum absolute atomic E-state index is 0.0297. The van der Waals surface area contributed by atoms with E-state index in [-0.39, 0.29) is 11.8 Å². The summed E-state index contributed by atoms with van der Waals surface area (Å²) < 4.78 is 18.2. The van der Waals surface area contributed by atoms with Crippen molar-refractivity contribution in [3.05, 3.63) is 47.7 Å². The van der Waals surface area contributed by atoms with E-state index in [1.807, 2.05) is 30.3 Å². The van der Waals surface area contributed by atoms with Gasteiger partial charge in [-0.15, -0.1) is 0 Å². The Morgan fingerprint density at radius 3 is 3.00 bits per heavy atom. The lowest BCUT2D eigenvalue weighted by Gasteiger charge is -2.24. The van der Waals surface area contributed by atoms with Gasteiger partial charge in [-0.3, -0.25) is 0 Å². The fourth-order valence-electron chi connectivity index (χ4n) is 2.46. The lowest BCUT2D eigenvalue weighted by Crippen LogP contribution is -2.30. The standard InChI is InChI=1S/C17H20N2O4/c1-2-22-17(20)15-10-16-19(18-15)9-8-14(23-16)12-21-11-13-6-4-3-5-7-13/h3-7,10,14H,2,8-9,11-12H2,1H3. The van der Waals surface area contributed by atoms with Crippen LogP contribution in [0.5, 0.6) is 5.88 Å². The van der Waals surface area contributed by atoms with E-state index in [1.165, 1.54) is 0 Å². The van der Waals surface area contributed by atoms with Crippen LogP contribution in [0.2, 0.25) is 0 Å². The molecule has 122 valence electrons. The highest BCUT2D eigenvalue weighted by molar-refractivity contribution is 5.87. The molecule has 1 unspecified atom stereocenters. The Bertz CT molecular complexity index is 654. The van der Waals surface area contributed by atoms with Crippen LogP contribution < -0.4 is 4.74 Å². The number of nitrogens with zero attached hydrogens (tertiary/aromatic N) is 2. The van der Waals surface area contributed by atoms with Crippen molar-refractivity contribution in [2.75, 3.05) is 13.2 Å². The summed E-state index contributed by atoms with van der Waals surface area (Å²) in [5.74, 6) is 0.169. The summed E-state index contributed by atoms with van der Waals surface area (Å²) in [5, 5.41) is 4.21. The smallest absolute Gasteiger partial charge is 0.358 e. The normalized spacial score (nSPS) is 16.5. The van der Waals surface area contributed by atoms with Gasteiger partial charge in [-0.2, -0.15) is 5.10 Å². The second-order valence-corrected chi connectivity index (χ2v) is 5.34. The van der Waals surface area contributed by atoms with Crippen molar-refractivity contribution < 1.29 is 19.0 Å². The number of hydrogen-bond donors (Lipinski definition) is 0. The van der Waals surface area contributed by atoms with Crippen LogP contribution >= 0.6 is 0 Å². The summed E-state index contributed by atoms with van der Waals surface area (Å²) in [7, 11) is 0. The van der Waals surface area contributed by atoms with E-state index in [2.05, 4.69) is 5.10 Å². The molecule has 0 bridgehead atoms. The van der Waals surface area contributed by atoms with E-state index in [0.29, 0.717) is 32.2 Å². The Morgan fingerprint density at radius 1 is 1.39 bits per heavy atom. The average Bonchev–Trinajstić information content (AvgIpc) is 2.99. The van der Waals surface area contributed by atoms with Crippen molar-refractivity contribution in [1.82, 2.24) is 9.78 Å². The highest BCUT2D eigenvalue weighted by Gasteiger charge is 2.24. The van der Waals surface area contributed by atoms with Crippen molar-refractivity contribution in [2.45, 2.75) is 32.6 Å². The fourth-order valence-corrected chi connectivity index (χ4v) is 2.46. The van der Waals surface area contributed by atoms with Gasteiger partial charge in [0.15, 0.2) is 5.69 Å². The molecule has 0 radical (unpaired) electrons. The topological polar surface area (TPSA) is 62.6 Å². The van der Waals surface area contributed by atoms with Gasteiger partial charge in [0, 0.05) is 19.0 Å². The predicted molar refractivity (Wildman–Crippen MR) is 83.3 cm³/mol. The lowest BCUT2D eigenvalue weighted by molar-refractivity contribution is 0.0186. The van der Waals surface area contributed by atoms with Crippen LogP contribution in [0.4, 0.5) is 0 Å². The van der Waals surface area contributed by atoms with Crippen LogP contribution in [0.15, 0.2) is 36.4 Å². The van der Waals surface area contributed by atoms with Crippen LogP contribution in [-0.4, -0.2) is 35.1 Å². The first kappa shape index (κ1) is 15.6. The van der Waals surface area contributed by atoms with Gasteiger partial charge in [-0.25, -0.2) is 9.48 Å². The molecule has 1 aromatic heterocycles. The molecule has 1 atom stereocenters. The number of carbonyl (C=O) groups excluding carboxylic acids is 1. The number of ether oxygens (including phenoxy) is 3. The maximum absolute atomic E-state index is 11.7. The Morgan fingerprint density at radius 2 is 2.22 bits per heavy atom. The van der Waals surface area contributed by atoms with E-state index in [9.17, 15) is 4.79 Å². The van der Waals surface area contributed by atoms with E-state index in [0.717, 1.165) is 12.0 Å². The molecular formula is C17H20N2O4. The zero-order valence-corrected chi connectivity index (χ0v) is 13.1. The van der Waals surface area contributed by atoms with E-state index in [4.69, 9.17) is 14.2 Å². The van der Waals surface area contributed by atoms with Gasteiger partial charge in [0.1, 0.15) is 6.10 Å². The molecule has 6 heteroatoms. The monoisotopic (exact) mass is 316 g/mol. The number of aryl methyl sites for hydroxylation is 1. The summed E-state index contributed by atoms with van der Waals surface area (Å²) in [6.45, 7) is 3.87. The second-order valence-electron chi connectivity index (χ2n) is 5.34. The summed E-state index contributed by atoms with van der Waals surface area (Å²) >= 11 is 0. The number of benzene rings is 1. The van der Waals surface area contributed by atoms with Crippen molar-refractivity contribution in [3.63, 3.8) is 0 Å². The minimum Gasteiger partial charge on any atom is -0.472 e. The van der Waals surface area contributed by atoms with Gasteiger partial charge in [-0.05, 0) is 12.5 Å². The molecule has 0 amide bonds. The maximum Gasteiger partial charge on any atom is 0.358 e. The Labute approximate surface area is 135 Å². The molecule has 0 spiro atoms. The molecule has 2 heterocycles. The number of fused-ring (bicyclic) bond motifs is 1. The molecule has 0 saturated heterocycles. The number of aromatic nitrogens is 2. The quantitative estimate of drug-likeness (QED) is 0.766. The molecule has 3 rings (SSSR count). The molecule has 2 aromatic rings. The maximum atomic E-state index is 11.7. The second kappa shape index (κ2) is 7.28. The molecule has 1 aromatic carbocycles. The molecule has 0 aliphatic carbocycles. The number of hydrogen-bond acceptors (Lipinski definition) is 5. The SMILES string of the molecule is CCOC(=O)c1cc2n(n1)CCC(COCc1ccccc1)O2. The number of esters is 1. The van der Waals surface area contributed by atoms with Gasteiger partial charge in [0.25, 0.3) is 0 Å². The van der Waals surface area contributed by atoms with Gasteiger partial charge >= 0.3 is 5.97 Å². The largest absolute Gasteiger partial charge is 0.472 e. The molecule has 1 aliphatic rings. The first-order valence-electron chi connectivity index (χ1n) is 7.79. The van der Waals surface area contributed by atoms with Gasteiger partial charge in [0.2, 0.25) is 5.88 Å². The third-order valence-electron chi connectivity index (χ3n) is 3.59. The van der Waals surface area contributed by atoms with Crippen molar-refractivity contribution >= 4 is 5.97 Å². The van der Waals surface area contributed by atoms with Crippen molar-refractivity contribution in [3.8, 4) is 5.88 Å². The number of carbonyl (C=O) groups is 1. The molecular weight excluding hydrogens is 296 g/mol. The zero-order chi connectivity index (χ0) is 16.1. The molecule has 23 heavy (non-hydrogen) atoms. The predicted octanol–water partition coefficient (Wildman–Crippen LogP) is 2.43. The van der Waals surface area contributed by atoms with Crippen LogP contribution in [0.1, 0.15) is 29.4 Å². The molecule has 0 N–H and O–H groups in total. The van der Waals surface area contributed by atoms with Crippen LogP contribution in [-0.2, 0) is 22.6 Å². The fraction of sp³-hybridized carbons (Fsp3) is 0.412. The molecule has 0 fully saturated rings. The van der Waals surface area contributed by atoms with Crippen molar-refractivity contribution in [2.24, 2.45) is 0 Å². The van der Waals surface area contributed by atoms with Crippen LogP contribution in [0, 0.1) is 0 Å². The highest BCUT2D eigenvalue weighted by atomic mass is 16.5. The summed E-state index contributed by atoms with van der Waals surface area (Å²) in [4.78, 5) is 11.7. The lowest BCUT2D eigenvalue weighted by atomic mass is 10.2. The highest BCUT2D eigenvalue weighted by Crippen LogP contribution is 2.22. The number of rotatable bonds is 6. The van der Waals surface area contributed by atoms with Crippen LogP contribution in [0.25, 0.3) is 0 Å². The third-order valence-corrected chi connectivity index (χ3v) is 3.59. The van der Waals surface area contributed by atoms with Gasteiger partial charge in [-0.1, -0.05) is 30.3 Å². The zero-order valence-electron chi connectivity index (χ0n) is 13.1. The minimum atomic E-state index is -0.421. The first-order valence-corrected chi connectivity index (χ1v) is 7.79. The summed E-state index contributed by atoms with van der Waals surface area (Å²) in [6.07, 6.45) is 0.768. The first-order chi connectivity index (χ1) is 11.3. The molecule has 1 aliphatic heterocycles. The van der Waals surface area contributed by atoms with Gasteiger partial charge < -0.3 is 14.2 Å². The van der Waals surface area contributed by atoms with Crippen molar-refractivity contribution in [1.29, 1.82) is 0 Å². The van der Waals surface area contributed by atoms with Gasteiger partial charge in [0.05, 0.1) is 19.8 Å². The molecule has 6 nitrogen and oxygen atoms in total. The molecule has 0 saturated carbocycles. The Hall–Kier alpha value is -2.34. The summed E-state index contributed by atoms with van der Waals surface area (Å²) in [5.41, 5.74) is 1.42. The van der Waals surface area contributed by atoms with E-state index >= 15 is 0 Å². The Kier molecular flexibility index (Phi) is 4.92. The van der Waals surface area contributed by atoms with E-state index < -0.39 is 5.97 Å². The Balaban J connectivity index is 1.52. The third kappa shape index (κ3) is 3.90. The van der Waals surface area contributed by atoms with Crippen LogP contribution in [0.3, 0.4) is 0 Å². The van der Waals surface area contributed by atoms with E-state index in [1.54, 1.807) is 17.7 Å². The average molecular weight is 316 g/mol. The summed E-state index contributed by atoms with van der Waals surface area (Å²) in [6, 6.07) is 11.7.